The van der Waals surface area contributed by atoms with Crippen LogP contribution >= 0.6 is 11.3 Å². The molecule has 0 aromatic carbocycles. The van der Waals surface area contributed by atoms with Crippen LogP contribution in [0.1, 0.15) is 9.67 Å². The van der Waals surface area contributed by atoms with Gasteiger partial charge in [0, 0.05) is 0 Å². The van der Waals surface area contributed by atoms with E-state index >= 15 is 0 Å². The average Bonchev–Trinajstić information content (AvgIpc) is 2.91. The molecular weight excluding hydrogens is 218 g/mol. The summed E-state index contributed by atoms with van der Waals surface area (Å²) >= 11 is 1.21. The minimum absolute atomic E-state index is 0.136. The topological polar surface area (TPSA) is 75.8 Å². The molecule has 0 aliphatic carbocycles. The highest BCUT2D eigenvalue weighted by atomic mass is 32.1. The highest BCUT2D eigenvalue weighted by Crippen LogP contribution is 2.17. The summed E-state index contributed by atoms with van der Waals surface area (Å²) in [7, 11) is 0. The third-order valence-corrected chi connectivity index (χ3v) is 2.46. The number of rotatable bonds is 3. The van der Waals surface area contributed by atoms with Crippen LogP contribution in [0.25, 0.3) is 0 Å². The maximum absolute atomic E-state index is 11.7. The van der Waals surface area contributed by atoms with Gasteiger partial charge in [0.05, 0.1) is 16.4 Å². The molecule has 15 heavy (non-hydrogen) atoms. The molecule has 7 heteroatoms. The molecule has 2 rings (SSSR count). The van der Waals surface area contributed by atoms with Crippen molar-refractivity contribution in [1.29, 1.82) is 0 Å². The molecule has 0 fully saturated rings. The summed E-state index contributed by atoms with van der Waals surface area (Å²) in [4.78, 5) is 26.2. The van der Waals surface area contributed by atoms with Crippen LogP contribution < -0.4 is 5.01 Å². The van der Waals surface area contributed by atoms with Gasteiger partial charge in [0.1, 0.15) is 6.26 Å². The van der Waals surface area contributed by atoms with Crippen molar-refractivity contribution in [2.75, 3.05) is 5.01 Å². The lowest BCUT2D eigenvalue weighted by Gasteiger charge is -2.05. The lowest BCUT2D eigenvalue weighted by atomic mass is 10.4. The van der Waals surface area contributed by atoms with Crippen molar-refractivity contribution in [2.24, 2.45) is 5.29 Å². The SMILES string of the molecule is O=NN(C(=O)c1cccs1)c1ncco1. The molecular formula is C8H5N3O3S. The molecule has 0 unspecified atom stereocenters. The first-order valence-corrected chi connectivity index (χ1v) is 4.81. The van der Waals surface area contributed by atoms with Gasteiger partial charge < -0.3 is 4.42 Å². The first-order chi connectivity index (χ1) is 7.33. The van der Waals surface area contributed by atoms with Gasteiger partial charge in [-0.3, -0.25) is 4.79 Å². The minimum Gasteiger partial charge on any atom is -0.430 e. The van der Waals surface area contributed by atoms with Crippen molar-refractivity contribution in [3.63, 3.8) is 0 Å². The van der Waals surface area contributed by atoms with Crippen molar-refractivity contribution in [2.45, 2.75) is 0 Å². The molecule has 0 radical (unpaired) electrons. The molecule has 6 nitrogen and oxygen atoms in total. The third-order valence-electron chi connectivity index (χ3n) is 1.61. The van der Waals surface area contributed by atoms with E-state index in [0.29, 0.717) is 9.89 Å². The van der Waals surface area contributed by atoms with E-state index in [0.717, 1.165) is 0 Å². The molecule has 2 aromatic rings. The van der Waals surface area contributed by atoms with Crippen LogP contribution in [-0.2, 0) is 0 Å². The van der Waals surface area contributed by atoms with Gasteiger partial charge in [-0.05, 0) is 11.4 Å². The smallest absolute Gasteiger partial charge is 0.328 e. The third kappa shape index (κ3) is 1.77. The Balaban J connectivity index is 2.29. The summed E-state index contributed by atoms with van der Waals surface area (Å²) in [5.41, 5.74) is 0. The molecule has 0 bridgehead atoms. The van der Waals surface area contributed by atoms with E-state index in [1.165, 1.54) is 23.8 Å². The Bertz CT molecular complexity index is 451. The van der Waals surface area contributed by atoms with E-state index in [2.05, 4.69) is 10.3 Å². The van der Waals surface area contributed by atoms with Crippen molar-refractivity contribution >= 4 is 23.3 Å². The molecule has 2 aromatic heterocycles. The first-order valence-electron chi connectivity index (χ1n) is 3.93. The maximum Gasteiger partial charge on any atom is 0.328 e. The number of hydrogen-bond donors (Lipinski definition) is 0. The van der Waals surface area contributed by atoms with Crippen LogP contribution in [0.4, 0.5) is 6.01 Å². The van der Waals surface area contributed by atoms with Crippen molar-refractivity contribution < 1.29 is 9.21 Å². The average molecular weight is 223 g/mol. The molecule has 0 atom stereocenters. The van der Waals surface area contributed by atoms with E-state index < -0.39 is 5.91 Å². The Hall–Kier alpha value is -2.02. The maximum atomic E-state index is 11.7. The highest BCUT2D eigenvalue weighted by molar-refractivity contribution is 7.12. The van der Waals surface area contributed by atoms with Crippen LogP contribution in [0.5, 0.6) is 0 Å². The predicted molar refractivity (Wildman–Crippen MR) is 53.4 cm³/mol. The number of aromatic nitrogens is 1. The lowest BCUT2D eigenvalue weighted by Crippen LogP contribution is -2.24. The fourth-order valence-corrected chi connectivity index (χ4v) is 1.63. The first kappa shape index (κ1) is 9.53. The minimum atomic E-state index is -0.553. The zero-order chi connectivity index (χ0) is 10.7. The summed E-state index contributed by atoms with van der Waals surface area (Å²) in [5.74, 6) is -0.553. The molecule has 0 aliphatic rings. The Labute approximate surface area is 88.1 Å². The molecule has 0 saturated carbocycles. The van der Waals surface area contributed by atoms with Gasteiger partial charge in [0.2, 0.25) is 0 Å². The number of carbonyl (C=O) groups is 1. The van der Waals surface area contributed by atoms with Gasteiger partial charge in [0.15, 0.2) is 0 Å². The second kappa shape index (κ2) is 4.01. The number of hydrogen-bond acceptors (Lipinski definition) is 6. The Morgan fingerprint density at radius 3 is 3.00 bits per heavy atom. The molecule has 2 heterocycles. The highest BCUT2D eigenvalue weighted by Gasteiger charge is 2.22. The van der Waals surface area contributed by atoms with Gasteiger partial charge in [-0.1, -0.05) is 6.07 Å². The zero-order valence-electron chi connectivity index (χ0n) is 7.36. The van der Waals surface area contributed by atoms with Gasteiger partial charge in [0.25, 0.3) is 5.91 Å². The summed E-state index contributed by atoms with van der Waals surface area (Å²) in [6.45, 7) is 0. The molecule has 0 N–H and O–H groups in total. The van der Waals surface area contributed by atoms with Crippen molar-refractivity contribution in [3.8, 4) is 0 Å². The largest absolute Gasteiger partial charge is 0.430 e. The zero-order valence-corrected chi connectivity index (χ0v) is 8.18. The Morgan fingerprint density at radius 1 is 1.60 bits per heavy atom. The van der Waals surface area contributed by atoms with E-state index in [-0.39, 0.29) is 6.01 Å². The number of nitroso groups, excluding NO2 is 1. The second-order valence-electron chi connectivity index (χ2n) is 2.49. The second-order valence-corrected chi connectivity index (χ2v) is 3.44. The van der Waals surface area contributed by atoms with Gasteiger partial charge in [-0.2, -0.15) is 4.98 Å². The van der Waals surface area contributed by atoms with Crippen molar-refractivity contribution in [3.05, 3.63) is 39.8 Å². The van der Waals surface area contributed by atoms with Crippen LogP contribution in [-0.4, -0.2) is 10.9 Å². The number of carbonyl (C=O) groups excluding carboxylic acids is 1. The van der Waals surface area contributed by atoms with E-state index in [4.69, 9.17) is 4.42 Å². The van der Waals surface area contributed by atoms with Crippen LogP contribution in [0, 0.1) is 4.91 Å². The number of oxazole rings is 1. The van der Waals surface area contributed by atoms with Crippen LogP contribution in [0.15, 0.2) is 39.7 Å². The summed E-state index contributed by atoms with van der Waals surface area (Å²) in [6.07, 6.45) is 2.59. The number of thiophene rings is 1. The molecule has 0 aliphatic heterocycles. The summed E-state index contributed by atoms with van der Waals surface area (Å²) < 4.78 is 4.81. The number of amides is 1. The van der Waals surface area contributed by atoms with Gasteiger partial charge in [-0.25, -0.2) is 0 Å². The lowest BCUT2D eigenvalue weighted by molar-refractivity contribution is 0.0986. The summed E-state index contributed by atoms with van der Waals surface area (Å²) in [6, 6.07) is 3.16. The Kier molecular flexibility index (Phi) is 2.55. The van der Waals surface area contributed by atoms with Crippen LogP contribution in [0.3, 0.4) is 0 Å². The molecule has 0 spiro atoms. The predicted octanol–water partition coefficient (Wildman–Crippen LogP) is 2.06. The molecule has 76 valence electrons. The Morgan fingerprint density at radius 2 is 2.47 bits per heavy atom. The number of anilines is 1. The fourth-order valence-electron chi connectivity index (χ4n) is 0.984. The normalized spacial score (nSPS) is 9.87. The van der Waals surface area contributed by atoms with Crippen molar-refractivity contribution in [1.82, 2.24) is 4.98 Å². The van der Waals surface area contributed by atoms with E-state index in [1.54, 1.807) is 17.5 Å². The van der Waals surface area contributed by atoms with Crippen LogP contribution in [0.2, 0.25) is 0 Å². The van der Waals surface area contributed by atoms with Gasteiger partial charge >= 0.3 is 6.01 Å². The summed E-state index contributed by atoms with van der Waals surface area (Å²) in [5, 5.41) is 4.87. The van der Waals surface area contributed by atoms with E-state index in [9.17, 15) is 9.70 Å². The monoisotopic (exact) mass is 223 g/mol. The molecule has 0 saturated heterocycles. The standard InChI is InChI=1S/C8H5N3O3S/c12-7(6-2-1-5-15-6)11(10-13)8-9-3-4-14-8/h1-5H. The molecule has 1 amide bonds. The van der Waals surface area contributed by atoms with Gasteiger partial charge in [-0.15, -0.1) is 21.3 Å². The van der Waals surface area contributed by atoms with E-state index in [1.807, 2.05) is 0 Å². The number of nitrogens with zero attached hydrogens (tertiary/aromatic N) is 3. The fraction of sp³-hybridized carbons (Fsp3) is 0. The quantitative estimate of drug-likeness (QED) is 0.589.